The maximum absolute atomic E-state index is 5.79. The first-order chi connectivity index (χ1) is 9.47. The molecule has 0 aliphatic carbocycles. The maximum Gasteiger partial charge on any atom is 0.118 e. The predicted molar refractivity (Wildman–Crippen MR) is 84.8 cm³/mol. The third-order valence-corrected chi connectivity index (χ3v) is 4.57. The third kappa shape index (κ3) is 3.95. The van der Waals surface area contributed by atoms with Crippen molar-refractivity contribution in [2.45, 2.75) is 44.7 Å². The first-order valence-corrected chi connectivity index (χ1v) is 7.24. The first kappa shape index (κ1) is 17.0. The number of benzene rings is 1. The van der Waals surface area contributed by atoms with Crippen molar-refractivity contribution in [3.05, 3.63) is 29.8 Å². The average molecular weight is 279 g/mol. The summed E-state index contributed by atoms with van der Waals surface area (Å²) in [5.41, 5.74) is 4.37. The molecule has 0 aromatic heterocycles. The average Bonchev–Trinajstić information content (AvgIpc) is 2.47. The largest absolute Gasteiger partial charge is 0.497 e. The summed E-state index contributed by atoms with van der Waals surface area (Å²) < 4.78 is 5.18. The van der Waals surface area contributed by atoms with Crippen molar-refractivity contribution in [1.29, 1.82) is 0 Å². The summed E-state index contributed by atoms with van der Waals surface area (Å²) in [7, 11) is 5.91. The molecule has 1 aromatic carbocycles. The number of aryl methyl sites for hydroxylation is 1. The van der Waals surface area contributed by atoms with Crippen molar-refractivity contribution in [1.82, 2.24) is 10.3 Å². The molecule has 0 bridgehead atoms. The number of likely N-dealkylation sites (N-methyl/N-ethyl adjacent to an activating group) is 1. The third-order valence-electron chi connectivity index (χ3n) is 4.57. The molecule has 0 radical (unpaired) electrons. The molecule has 0 aliphatic heterocycles. The fourth-order valence-electron chi connectivity index (χ4n) is 2.55. The summed E-state index contributed by atoms with van der Waals surface area (Å²) in [5.74, 6) is 6.68. The molecular weight excluding hydrogens is 250 g/mol. The van der Waals surface area contributed by atoms with Gasteiger partial charge >= 0.3 is 0 Å². The molecule has 0 saturated heterocycles. The van der Waals surface area contributed by atoms with Crippen LogP contribution in [0.5, 0.6) is 5.75 Å². The minimum Gasteiger partial charge on any atom is -0.497 e. The Hall–Kier alpha value is -1.10. The van der Waals surface area contributed by atoms with Crippen LogP contribution in [0.2, 0.25) is 0 Å². The molecule has 0 saturated carbocycles. The van der Waals surface area contributed by atoms with Gasteiger partial charge in [-0.1, -0.05) is 19.1 Å². The van der Waals surface area contributed by atoms with Gasteiger partial charge in [-0.2, -0.15) is 0 Å². The molecule has 2 atom stereocenters. The number of methoxy groups -OCH3 is 1. The second kappa shape index (κ2) is 7.62. The number of hydrogen-bond donors (Lipinski definition) is 2. The SMILES string of the molecule is CCC(C)(C(CCc1ccc(OC)cc1)NN)N(C)C. The Morgan fingerprint density at radius 3 is 2.30 bits per heavy atom. The van der Waals surface area contributed by atoms with Crippen LogP contribution in [-0.2, 0) is 6.42 Å². The Morgan fingerprint density at radius 2 is 1.90 bits per heavy atom. The Kier molecular flexibility index (Phi) is 6.46. The monoisotopic (exact) mass is 279 g/mol. The highest BCUT2D eigenvalue weighted by molar-refractivity contribution is 5.27. The number of nitrogens with zero attached hydrogens (tertiary/aromatic N) is 1. The lowest BCUT2D eigenvalue weighted by Crippen LogP contribution is -2.58. The van der Waals surface area contributed by atoms with Crippen LogP contribution in [0.4, 0.5) is 0 Å². The van der Waals surface area contributed by atoms with Crippen LogP contribution in [0.1, 0.15) is 32.3 Å². The Bertz CT molecular complexity index is 391. The standard InChI is InChI=1S/C16H29N3O/c1-6-16(2,19(3)4)15(18-17)12-9-13-7-10-14(20-5)11-8-13/h7-8,10-11,15,18H,6,9,12,17H2,1-5H3. The molecule has 114 valence electrons. The highest BCUT2D eigenvalue weighted by atomic mass is 16.5. The quantitative estimate of drug-likeness (QED) is 0.566. The van der Waals surface area contributed by atoms with Crippen molar-refractivity contribution in [2.75, 3.05) is 21.2 Å². The summed E-state index contributed by atoms with van der Waals surface area (Å²) in [6.45, 7) is 4.46. The molecule has 0 spiro atoms. The molecule has 0 fully saturated rings. The molecule has 4 heteroatoms. The number of ether oxygens (including phenoxy) is 1. The highest BCUT2D eigenvalue weighted by Crippen LogP contribution is 2.24. The van der Waals surface area contributed by atoms with Gasteiger partial charge in [0.1, 0.15) is 5.75 Å². The van der Waals surface area contributed by atoms with E-state index < -0.39 is 0 Å². The second-order valence-electron chi connectivity index (χ2n) is 5.71. The van der Waals surface area contributed by atoms with Gasteiger partial charge in [0.15, 0.2) is 0 Å². The Morgan fingerprint density at radius 1 is 1.30 bits per heavy atom. The lowest BCUT2D eigenvalue weighted by atomic mass is 9.85. The highest BCUT2D eigenvalue weighted by Gasteiger charge is 2.33. The molecule has 0 aliphatic rings. The minimum atomic E-state index is 0.0568. The zero-order valence-electron chi connectivity index (χ0n) is 13.4. The fraction of sp³-hybridized carbons (Fsp3) is 0.625. The van der Waals surface area contributed by atoms with E-state index in [0.717, 1.165) is 25.0 Å². The van der Waals surface area contributed by atoms with Crippen LogP contribution in [0.3, 0.4) is 0 Å². The summed E-state index contributed by atoms with van der Waals surface area (Å²) in [6, 6.07) is 8.50. The molecule has 0 heterocycles. The van der Waals surface area contributed by atoms with Crippen molar-refractivity contribution >= 4 is 0 Å². The molecule has 2 unspecified atom stereocenters. The van der Waals surface area contributed by atoms with Crippen LogP contribution in [-0.4, -0.2) is 37.7 Å². The number of hydrogen-bond acceptors (Lipinski definition) is 4. The number of hydrazine groups is 1. The molecule has 20 heavy (non-hydrogen) atoms. The molecule has 3 N–H and O–H groups in total. The number of rotatable bonds is 8. The van der Waals surface area contributed by atoms with Crippen LogP contribution in [0.15, 0.2) is 24.3 Å². The van der Waals surface area contributed by atoms with Gasteiger partial charge in [-0.05, 0) is 58.0 Å². The van der Waals surface area contributed by atoms with E-state index in [-0.39, 0.29) is 11.6 Å². The van der Waals surface area contributed by atoms with Gasteiger partial charge in [0, 0.05) is 11.6 Å². The van der Waals surface area contributed by atoms with E-state index in [1.807, 2.05) is 12.1 Å². The zero-order valence-corrected chi connectivity index (χ0v) is 13.4. The van der Waals surface area contributed by atoms with E-state index in [0.29, 0.717) is 0 Å². The minimum absolute atomic E-state index is 0.0568. The van der Waals surface area contributed by atoms with Gasteiger partial charge in [-0.15, -0.1) is 0 Å². The zero-order chi connectivity index (χ0) is 15.2. The van der Waals surface area contributed by atoms with E-state index >= 15 is 0 Å². The van der Waals surface area contributed by atoms with Crippen molar-refractivity contribution < 1.29 is 4.74 Å². The molecular formula is C16H29N3O. The summed E-state index contributed by atoms with van der Waals surface area (Å²) >= 11 is 0. The van der Waals surface area contributed by atoms with Gasteiger partial charge in [0.2, 0.25) is 0 Å². The van der Waals surface area contributed by atoms with Gasteiger partial charge in [-0.25, -0.2) is 0 Å². The summed E-state index contributed by atoms with van der Waals surface area (Å²) in [5, 5.41) is 0. The Balaban J connectivity index is 2.68. The lowest BCUT2D eigenvalue weighted by Gasteiger charge is -2.42. The molecule has 1 aromatic rings. The number of nitrogens with one attached hydrogen (secondary N) is 1. The van der Waals surface area contributed by atoms with Crippen LogP contribution in [0, 0.1) is 0 Å². The van der Waals surface area contributed by atoms with E-state index in [2.05, 4.69) is 50.4 Å². The van der Waals surface area contributed by atoms with Crippen molar-refractivity contribution in [2.24, 2.45) is 5.84 Å². The van der Waals surface area contributed by atoms with Crippen molar-refractivity contribution in [3.8, 4) is 5.75 Å². The lowest BCUT2D eigenvalue weighted by molar-refractivity contribution is 0.108. The Labute approximate surface area is 123 Å². The van der Waals surface area contributed by atoms with E-state index in [4.69, 9.17) is 10.6 Å². The second-order valence-corrected chi connectivity index (χ2v) is 5.71. The molecule has 0 amide bonds. The van der Waals surface area contributed by atoms with Crippen LogP contribution in [0.25, 0.3) is 0 Å². The van der Waals surface area contributed by atoms with E-state index in [1.165, 1.54) is 5.56 Å². The van der Waals surface area contributed by atoms with Gasteiger partial charge in [-0.3, -0.25) is 11.3 Å². The smallest absolute Gasteiger partial charge is 0.118 e. The van der Waals surface area contributed by atoms with Crippen LogP contribution < -0.4 is 16.0 Å². The summed E-state index contributed by atoms with van der Waals surface area (Å²) in [6.07, 6.45) is 3.06. The van der Waals surface area contributed by atoms with Crippen LogP contribution >= 0.6 is 0 Å². The van der Waals surface area contributed by atoms with E-state index in [9.17, 15) is 0 Å². The van der Waals surface area contributed by atoms with E-state index in [1.54, 1.807) is 7.11 Å². The topological polar surface area (TPSA) is 50.5 Å². The van der Waals surface area contributed by atoms with Gasteiger partial charge in [0.25, 0.3) is 0 Å². The predicted octanol–water partition coefficient (Wildman–Crippen LogP) is 2.19. The number of nitrogens with two attached hydrogens (primary N) is 1. The van der Waals surface area contributed by atoms with Gasteiger partial charge in [0.05, 0.1) is 7.11 Å². The molecule has 1 rings (SSSR count). The normalized spacial score (nSPS) is 15.9. The fourth-order valence-corrected chi connectivity index (χ4v) is 2.55. The molecule has 4 nitrogen and oxygen atoms in total. The first-order valence-electron chi connectivity index (χ1n) is 7.24. The van der Waals surface area contributed by atoms with Gasteiger partial charge < -0.3 is 9.64 Å². The van der Waals surface area contributed by atoms with Crippen molar-refractivity contribution in [3.63, 3.8) is 0 Å². The maximum atomic E-state index is 5.79. The summed E-state index contributed by atoms with van der Waals surface area (Å²) in [4.78, 5) is 2.26.